The summed E-state index contributed by atoms with van der Waals surface area (Å²) in [6.45, 7) is 13.8. The average molecular weight is 480 g/mol. The first-order valence-electron chi connectivity index (χ1n) is 9.34. The Morgan fingerprint density at radius 2 is 1.56 bits per heavy atom. The molecule has 2 rings (SSSR count). The topological polar surface area (TPSA) is 0 Å². The molecule has 0 radical (unpaired) electrons. The number of hydrogen-bond donors (Lipinski definition) is 0. The second-order valence-electron chi connectivity index (χ2n) is 7.47. The fraction of sp³-hybridized carbons (Fsp3) is 0.545. The fourth-order valence-electron chi connectivity index (χ4n) is 4.13. The van der Waals surface area contributed by atoms with Crippen molar-refractivity contribution in [2.24, 2.45) is 5.92 Å². The van der Waals surface area contributed by atoms with E-state index in [9.17, 15) is 0 Å². The van der Waals surface area contributed by atoms with Crippen LogP contribution in [0.2, 0.25) is 6.04 Å². The molecule has 0 heterocycles. The monoisotopic (exact) mass is 478 g/mol. The largest absolute Gasteiger partial charge is 4.00 e. The van der Waals surface area contributed by atoms with Crippen molar-refractivity contribution in [3.8, 4) is 0 Å². The summed E-state index contributed by atoms with van der Waals surface area (Å²) >= 11 is 0. The van der Waals surface area contributed by atoms with Crippen LogP contribution >= 0.6 is 0 Å². The predicted molar refractivity (Wildman–Crippen MR) is 106 cm³/mol. The Morgan fingerprint density at radius 3 is 2.04 bits per heavy atom. The molecule has 0 amide bonds. The van der Waals surface area contributed by atoms with Crippen LogP contribution in [0.5, 0.6) is 0 Å². The number of hydrogen-bond acceptors (Lipinski definition) is 0. The molecule has 150 valence electrons. The summed E-state index contributed by atoms with van der Waals surface area (Å²) in [5, 5.41) is 3.33. The Kier molecular flexibility index (Phi) is 18.3. The molecule has 0 N–H and O–H groups in total. The molecule has 0 saturated carbocycles. The van der Waals surface area contributed by atoms with Gasteiger partial charge in [-0.2, -0.15) is 11.6 Å². The summed E-state index contributed by atoms with van der Waals surface area (Å²) < 4.78 is 0. The van der Waals surface area contributed by atoms with Crippen LogP contribution in [0.25, 0.3) is 0 Å². The van der Waals surface area contributed by atoms with E-state index in [1.807, 2.05) is 0 Å². The first kappa shape index (κ1) is 32.2. The molecule has 1 aromatic rings. The predicted octanol–water partition coefficient (Wildman–Crippen LogP) is -3.50. The van der Waals surface area contributed by atoms with Crippen molar-refractivity contribution in [3.05, 3.63) is 51.7 Å². The summed E-state index contributed by atoms with van der Waals surface area (Å²) in [7, 11) is -1.15. The molecule has 1 unspecified atom stereocenters. The van der Waals surface area contributed by atoms with Crippen molar-refractivity contribution >= 4 is 14.0 Å². The second kappa shape index (κ2) is 15.4. The van der Waals surface area contributed by atoms with Crippen molar-refractivity contribution in [3.63, 3.8) is 0 Å². The van der Waals surface area contributed by atoms with E-state index in [2.05, 4.69) is 65.8 Å². The van der Waals surface area contributed by atoms with Crippen LogP contribution in [-0.4, -0.2) is 8.80 Å². The molecule has 1 aromatic carbocycles. The number of unbranched alkanes of at least 4 members (excludes halogenated alkanes) is 2. The molecular formula is C22H33Cl3SiTi. The van der Waals surface area contributed by atoms with Gasteiger partial charge in [0.05, 0.1) is 8.80 Å². The molecule has 0 bridgehead atoms. The molecule has 0 saturated heterocycles. The van der Waals surface area contributed by atoms with Gasteiger partial charge in [0.15, 0.2) is 0 Å². The van der Waals surface area contributed by atoms with Gasteiger partial charge in [0.2, 0.25) is 0 Å². The van der Waals surface area contributed by atoms with Crippen LogP contribution in [0.1, 0.15) is 63.1 Å². The summed E-state index contributed by atoms with van der Waals surface area (Å²) in [4.78, 5) is 0. The van der Waals surface area contributed by atoms with Crippen LogP contribution in [0.4, 0.5) is 0 Å². The number of benzene rings is 1. The molecule has 27 heavy (non-hydrogen) atoms. The molecule has 0 spiro atoms. The minimum absolute atomic E-state index is 0. The summed E-state index contributed by atoms with van der Waals surface area (Å²) in [5.74, 6) is 0.632. The maximum Gasteiger partial charge on any atom is 4.00 e. The van der Waals surface area contributed by atoms with Crippen LogP contribution in [0.15, 0.2) is 29.0 Å². The van der Waals surface area contributed by atoms with Crippen LogP contribution in [-0.2, 0) is 21.7 Å². The van der Waals surface area contributed by atoms with Crippen molar-refractivity contribution in [1.29, 1.82) is 0 Å². The standard InChI is InChI=1S/C22H33Si.3ClH.Ti/c1-7-8-9-13-23(21-12-10-11-20(21)16(2)3)22-18(5)14-17(4)15-19(22)6;;;;/h11,14-16,23H,7-10,13H2,1-6H3;3*1H;/q-1;;;;+4/p-3. The minimum Gasteiger partial charge on any atom is -1.00 e. The minimum atomic E-state index is -1.15. The maximum absolute atomic E-state index is 3.77. The molecule has 1 aliphatic carbocycles. The Bertz CT molecular complexity index is 601. The maximum atomic E-state index is 3.77. The average Bonchev–Trinajstić information content (AvgIpc) is 2.94. The molecule has 0 fully saturated rings. The third-order valence-corrected chi connectivity index (χ3v) is 8.91. The quantitative estimate of drug-likeness (QED) is 0.216. The van der Waals surface area contributed by atoms with Gasteiger partial charge in [-0.1, -0.05) is 86.0 Å². The zero-order valence-electron chi connectivity index (χ0n) is 17.6. The molecule has 1 aliphatic rings. The molecule has 0 aromatic heterocycles. The van der Waals surface area contributed by atoms with Crippen LogP contribution < -0.4 is 42.4 Å². The molecule has 0 nitrogen and oxygen atoms in total. The van der Waals surface area contributed by atoms with Crippen molar-refractivity contribution < 1.29 is 58.9 Å². The summed E-state index contributed by atoms with van der Waals surface area (Å²) in [6.07, 6.45) is 11.3. The third kappa shape index (κ3) is 8.41. The number of halogens is 3. The number of rotatable bonds is 7. The Hall–Kier alpha value is 0.501. The van der Waals surface area contributed by atoms with Gasteiger partial charge in [0.25, 0.3) is 0 Å². The normalized spacial score (nSPS) is 13.4. The zero-order chi connectivity index (χ0) is 17.0. The van der Waals surface area contributed by atoms with Crippen LogP contribution in [0, 0.1) is 32.8 Å². The number of aryl methyl sites for hydroxylation is 3. The van der Waals surface area contributed by atoms with Gasteiger partial charge in [-0.3, -0.25) is 6.08 Å². The third-order valence-electron chi connectivity index (χ3n) is 5.08. The van der Waals surface area contributed by atoms with Gasteiger partial charge in [0.1, 0.15) is 0 Å². The summed E-state index contributed by atoms with van der Waals surface area (Å²) in [6, 6.07) is 6.16. The first-order valence-corrected chi connectivity index (χ1v) is 11.3. The van der Waals surface area contributed by atoms with E-state index in [1.165, 1.54) is 42.0 Å². The van der Waals surface area contributed by atoms with Gasteiger partial charge in [-0.05, 0) is 20.8 Å². The summed E-state index contributed by atoms with van der Waals surface area (Å²) in [5.41, 5.74) is 6.02. The molecule has 0 aliphatic heterocycles. The Morgan fingerprint density at radius 1 is 1.00 bits per heavy atom. The van der Waals surface area contributed by atoms with E-state index >= 15 is 0 Å². The first-order chi connectivity index (χ1) is 11.0. The van der Waals surface area contributed by atoms with E-state index in [0.717, 1.165) is 6.42 Å². The van der Waals surface area contributed by atoms with Crippen molar-refractivity contribution in [1.82, 2.24) is 0 Å². The molecule has 5 heteroatoms. The van der Waals surface area contributed by atoms with Crippen molar-refractivity contribution in [2.75, 3.05) is 0 Å². The van der Waals surface area contributed by atoms with Gasteiger partial charge < -0.3 is 37.2 Å². The van der Waals surface area contributed by atoms with Gasteiger partial charge in [-0.25, -0.2) is 5.20 Å². The van der Waals surface area contributed by atoms with E-state index in [4.69, 9.17) is 0 Å². The van der Waals surface area contributed by atoms with E-state index in [0.29, 0.717) is 5.92 Å². The smallest absolute Gasteiger partial charge is 1.00 e. The molecule has 1 atom stereocenters. The van der Waals surface area contributed by atoms with Crippen molar-refractivity contribution in [2.45, 2.75) is 73.3 Å². The van der Waals surface area contributed by atoms with E-state index in [1.54, 1.807) is 16.0 Å². The second-order valence-corrected chi connectivity index (χ2v) is 10.3. The number of allylic oxidation sites excluding steroid dienone is 4. The van der Waals surface area contributed by atoms with Crippen LogP contribution in [0.3, 0.4) is 0 Å². The van der Waals surface area contributed by atoms with E-state index < -0.39 is 8.80 Å². The molecular weight excluding hydrogens is 447 g/mol. The van der Waals surface area contributed by atoms with Gasteiger partial charge >= 0.3 is 21.7 Å². The van der Waals surface area contributed by atoms with E-state index in [-0.39, 0.29) is 58.9 Å². The van der Waals surface area contributed by atoms with Gasteiger partial charge in [-0.15, -0.1) is 6.42 Å². The fourth-order valence-corrected chi connectivity index (χ4v) is 8.17. The van der Waals surface area contributed by atoms with Gasteiger partial charge in [0, 0.05) is 0 Å². The Labute approximate surface area is 202 Å². The zero-order valence-corrected chi connectivity index (χ0v) is 22.5. The SMILES string of the molecule is CCCCC[SiH](C1=[C-]CC=C1C(C)C)c1c(C)cc(C)cc1C.[Cl-].[Cl-].[Cl-].[Ti+4]. The Balaban J connectivity index is -0.00000144.